The molecule has 1 unspecified atom stereocenters. The van der Waals surface area contributed by atoms with Crippen LogP contribution in [0.15, 0.2) is 0 Å². The Morgan fingerprint density at radius 2 is 1.94 bits per heavy atom. The molecule has 0 radical (unpaired) electrons. The van der Waals surface area contributed by atoms with Gasteiger partial charge in [-0.15, -0.1) is 0 Å². The summed E-state index contributed by atoms with van der Waals surface area (Å²) in [5, 5.41) is 0. The van der Waals surface area contributed by atoms with E-state index in [-0.39, 0.29) is 5.92 Å². The first-order valence-electron chi connectivity index (χ1n) is 7.25. The summed E-state index contributed by atoms with van der Waals surface area (Å²) in [6.07, 6.45) is 7.77. The first-order valence-corrected chi connectivity index (χ1v) is 7.25. The maximum atomic E-state index is 12.4. The van der Waals surface area contributed by atoms with E-state index in [1.54, 1.807) is 0 Å². The normalized spacial score (nSPS) is 34.7. The van der Waals surface area contributed by atoms with E-state index in [9.17, 15) is 4.79 Å². The molecule has 3 nitrogen and oxygen atoms in total. The van der Waals surface area contributed by atoms with Gasteiger partial charge in [-0.2, -0.15) is 0 Å². The molecule has 3 heteroatoms. The van der Waals surface area contributed by atoms with Crippen LogP contribution in [-0.2, 0) is 4.79 Å². The minimum Gasteiger partial charge on any atom is -0.342 e. The lowest BCUT2D eigenvalue weighted by atomic mass is 9.84. The lowest BCUT2D eigenvalue weighted by Crippen LogP contribution is -2.44. The highest BCUT2D eigenvalue weighted by molar-refractivity contribution is 5.79. The Labute approximate surface area is 105 Å². The number of carbonyl (C=O) groups excluding carboxylic acids is 1. The number of piperidine rings is 1. The van der Waals surface area contributed by atoms with E-state index in [2.05, 4.69) is 11.8 Å². The molecule has 0 aromatic rings. The third-order valence-corrected chi connectivity index (χ3v) is 4.53. The third kappa shape index (κ3) is 3.21. The molecule has 1 atom stereocenters. The van der Waals surface area contributed by atoms with Gasteiger partial charge in [-0.05, 0) is 44.4 Å². The van der Waals surface area contributed by atoms with Crippen molar-refractivity contribution < 1.29 is 4.79 Å². The van der Waals surface area contributed by atoms with Crippen molar-refractivity contribution in [3.05, 3.63) is 0 Å². The molecule has 0 aromatic heterocycles. The minimum absolute atomic E-state index is 0.269. The minimum atomic E-state index is 0.269. The van der Waals surface area contributed by atoms with Crippen LogP contribution in [0.25, 0.3) is 0 Å². The van der Waals surface area contributed by atoms with Crippen LogP contribution in [0.5, 0.6) is 0 Å². The number of carbonyl (C=O) groups is 1. The van der Waals surface area contributed by atoms with Crippen LogP contribution in [0.3, 0.4) is 0 Å². The molecule has 1 saturated carbocycles. The first kappa shape index (κ1) is 12.9. The lowest BCUT2D eigenvalue weighted by molar-refractivity contribution is -0.138. The van der Waals surface area contributed by atoms with Crippen LogP contribution in [-0.4, -0.2) is 29.9 Å². The second kappa shape index (κ2) is 5.85. The summed E-state index contributed by atoms with van der Waals surface area (Å²) in [5.74, 6) is 1.42. The van der Waals surface area contributed by atoms with Gasteiger partial charge in [0.05, 0.1) is 0 Å². The fourth-order valence-corrected chi connectivity index (χ4v) is 3.22. The summed E-state index contributed by atoms with van der Waals surface area (Å²) < 4.78 is 0. The number of nitrogens with two attached hydrogens (primary N) is 1. The standard InChI is InChI=1S/C14H26N2O/c1-2-11-4-3-9-16(10-11)14(17)12-5-7-13(15)8-6-12/h11-13H,2-10,15H2,1H3. The Morgan fingerprint density at radius 1 is 1.24 bits per heavy atom. The highest BCUT2D eigenvalue weighted by Gasteiger charge is 2.30. The SMILES string of the molecule is CCC1CCCN(C(=O)C2CCC(N)CC2)C1. The quantitative estimate of drug-likeness (QED) is 0.801. The lowest BCUT2D eigenvalue weighted by Gasteiger charge is -2.36. The fraction of sp³-hybridized carbons (Fsp3) is 0.929. The average molecular weight is 238 g/mol. The van der Waals surface area contributed by atoms with E-state index in [4.69, 9.17) is 5.73 Å². The van der Waals surface area contributed by atoms with Crippen LogP contribution < -0.4 is 5.73 Å². The number of hydrogen-bond acceptors (Lipinski definition) is 2. The summed E-state index contributed by atoms with van der Waals surface area (Å²) in [5.41, 5.74) is 5.89. The molecule has 0 bridgehead atoms. The van der Waals surface area contributed by atoms with Crippen molar-refractivity contribution in [2.45, 2.75) is 57.9 Å². The molecule has 2 fully saturated rings. The molecular formula is C14H26N2O. The molecule has 2 rings (SSSR count). The number of amides is 1. The maximum absolute atomic E-state index is 12.4. The molecular weight excluding hydrogens is 212 g/mol. The van der Waals surface area contributed by atoms with E-state index in [1.165, 1.54) is 19.3 Å². The Bertz CT molecular complexity index is 259. The van der Waals surface area contributed by atoms with E-state index < -0.39 is 0 Å². The molecule has 1 heterocycles. The Balaban J connectivity index is 1.86. The monoisotopic (exact) mass is 238 g/mol. The van der Waals surface area contributed by atoms with Crippen LogP contribution in [0.4, 0.5) is 0 Å². The molecule has 1 aliphatic heterocycles. The molecule has 2 N–H and O–H groups in total. The second-order valence-electron chi connectivity index (χ2n) is 5.81. The zero-order chi connectivity index (χ0) is 12.3. The molecule has 2 aliphatic rings. The number of likely N-dealkylation sites (tertiary alicyclic amines) is 1. The highest BCUT2D eigenvalue weighted by Crippen LogP contribution is 2.27. The van der Waals surface area contributed by atoms with Gasteiger partial charge in [-0.1, -0.05) is 13.3 Å². The Kier molecular flexibility index (Phi) is 4.43. The van der Waals surface area contributed by atoms with Gasteiger partial charge >= 0.3 is 0 Å². The molecule has 1 amide bonds. The van der Waals surface area contributed by atoms with Crippen molar-refractivity contribution in [3.8, 4) is 0 Å². The molecule has 17 heavy (non-hydrogen) atoms. The number of hydrogen-bond donors (Lipinski definition) is 1. The smallest absolute Gasteiger partial charge is 0.225 e. The Hall–Kier alpha value is -0.570. The van der Waals surface area contributed by atoms with Gasteiger partial charge in [0.1, 0.15) is 0 Å². The predicted octanol–water partition coefficient (Wildman–Crippen LogP) is 2.15. The van der Waals surface area contributed by atoms with Crippen molar-refractivity contribution in [2.24, 2.45) is 17.6 Å². The van der Waals surface area contributed by atoms with Gasteiger partial charge in [0.2, 0.25) is 5.91 Å². The second-order valence-corrected chi connectivity index (χ2v) is 5.81. The van der Waals surface area contributed by atoms with Gasteiger partial charge in [0.25, 0.3) is 0 Å². The number of nitrogens with zero attached hydrogens (tertiary/aromatic N) is 1. The molecule has 98 valence electrons. The van der Waals surface area contributed by atoms with Crippen LogP contribution in [0, 0.1) is 11.8 Å². The van der Waals surface area contributed by atoms with Gasteiger partial charge in [-0.25, -0.2) is 0 Å². The third-order valence-electron chi connectivity index (χ3n) is 4.53. The summed E-state index contributed by atoms with van der Waals surface area (Å²) in [4.78, 5) is 14.5. The summed E-state index contributed by atoms with van der Waals surface area (Å²) in [6.45, 7) is 4.22. The number of rotatable bonds is 2. The zero-order valence-electron chi connectivity index (χ0n) is 11.0. The largest absolute Gasteiger partial charge is 0.342 e. The summed E-state index contributed by atoms with van der Waals surface area (Å²) in [7, 11) is 0. The van der Waals surface area contributed by atoms with Crippen molar-refractivity contribution in [1.29, 1.82) is 0 Å². The van der Waals surface area contributed by atoms with Crippen LogP contribution in [0.1, 0.15) is 51.9 Å². The average Bonchev–Trinajstić information content (AvgIpc) is 2.39. The van der Waals surface area contributed by atoms with Crippen molar-refractivity contribution in [1.82, 2.24) is 4.90 Å². The van der Waals surface area contributed by atoms with Gasteiger partial charge in [0.15, 0.2) is 0 Å². The topological polar surface area (TPSA) is 46.3 Å². The summed E-state index contributed by atoms with van der Waals surface area (Å²) in [6, 6.07) is 0.337. The van der Waals surface area contributed by atoms with Gasteiger partial charge < -0.3 is 10.6 Å². The van der Waals surface area contributed by atoms with Crippen molar-refractivity contribution in [2.75, 3.05) is 13.1 Å². The first-order chi connectivity index (χ1) is 8.20. The van der Waals surface area contributed by atoms with Crippen molar-refractivity contribution in [3.63, 3.8) is 0 Å². The molecule has 1 saturated heterocycles. The van der Waals surface area contributed by atoms with Gasteiger partial charge in [-0.3, -0.25) is 4.79 Å². The van der Waals surface area contributed by atoms with E-state index in [1.807, 2.05) is 0 Å². The summed E-state index contributed by atoms with van der Waals surface area (Å²) >= 11 is 0. The van der Waals surface area contributed by atoms with E-state index in [0.717, 1.165) is 44.7 Å². The van der Waals surface area contributed by atoms with E-state index in [0.29, 0.717) is 11.9 Å². The van der Waals surface area contributed by atoms with Crippen LogP contribution in [0.2, 0.25) is 0 Å². The fourth-order valence-electron chi connectivity index (χ4n) is 3.22. The Morgan fingerprint density at radius 3 is 2.59 bits per heavy atom. The zero-order valence-corrected chi connectivity index (χ0v) is 11.0. The molecule has 0 aromatic carbocycles. The van der Waals surface area contributed by atoms with Crippen LogP contribution >= 0.6 is 0 Å². The van der Waals surface area contributed by atoms with Gasteiger partial charge in [0, 0.05) is 25.0 Å². The highest BCUT2D eigenvalue weighted by atomic mass is 16.2. The maximum Gasteiger partial charge on any atom is 0.225 e. The van der Waals surface area contributed by atoms with E-state index >= 15 is 0 Å². The molecule has 1 aliphatic carbocycles. The van der Waals surface area contributed by atoms with Crippen molar-refractivity contribution >= 4 is 5.91 Å². The predicted molar refractivity (Wildman–Crippen MR) is 69.5 cm³/mol. The molecule has 0 spiro atoms.